The Bertz CT molecular complexity index is 147. The molecule has 84 valence electrons. The van der Waals surface area contributed by atoms with Gasteiger partial charge in [0.1, 0.15) is 0 Å². The molecule has 1 aliphatic rings. The van der Waals surface area contributed by atoms with Gasteiger partial charge in [-0.05, 0) is 32.9 Å². The van der Waals surface area contributed by atoms with Gasteiger partial charge in [-0.2, -0.15) is 0 Å². The van der Waals surface area contributed by atoms with E-state index in [2.05, 4.69) is 31.1 Å². The van der Waals surface area contributed by atoms with E-state index < -0.39 is 0 Å². The fourth-order valence-corrected chi connectivity index (χ4v) is 2.26. The third kappa shape index (κ3) is 3.97. The van der Waals surface area contributed by atoms with Crippen LogP contribution in [-0.4, -0.2) is 37.1 Å². The fourth-order valence-electron chi connectivity index (χ4n) is 2.26. The molecular weight excluding hydrogens is 172 g/mol. The summed E-state index contributed by atoms with van der Waals surface area (Å²) in [6.07, 6.45) is 6.66. The predicted molar refractivity (Wildman–Crippen MR) is 62.6 cm³/mol. The highest BCUT2D eigenvalue weighted by atomic mass is 15.2. The lowest BCUT2D eigenvalue weighted by Crippen LogP contribution is -2.39. The topological polar surface area (TPSA) is 15.3 Å². The first kappa shape index (κ1) is 12.0. The Morgan fingerprint density at radius 1 is 1.43 bits per heavy atom. The Hall–Kier alpha value is -0.0800. The smallest absolute Gasteiger partial charge is 0.0209 e. The lowest BCUT2D eigenvalue weighted by Gasteiger charge is -2.21. The molecule has 0 unspecified atom stereocenters. The summed E-state index contributed by atoms with van der Waals surface area (Å²) in [6, 6.07) is 1.51. The van der Waals surface area contributed by atoms with E-state index in [4.69, 9.17) is 0 Å². The summed E-state index contributed by atoms with van der Waals surface area (Å²) in [7, 11) is 2.22. The number of hydrogen-bond acceptors (Lipinski definition) is 2. The van der Waals surface area contributed by atoms with E-state index >= 15 is 0 Å². The summed E-state index contributed by atoms with van der Waals surface area (Å²) in [5.41, 5.74) is 0. The summed E-state index contributed by atoms with van der Waals surface area (Å²) in [5.74, 6) is 0. The molecule has 1 saturated heterocycles. The van der Waals surface area contributed by atoms with Crippen LogP contribution >= 0.6 is 0 Å². The van der Waals surface area contributed by atoms with Gasteiger partial charge >= 0.3 is 0 Å². The number of hydrogen-bond donors (Lipinski definition) is 1. The minimum Gasteiger partial charge on any atom is -0.310 e. The van der Waals surface area contributed by atoms with E-state index in [1.807, 2.05) is 0 Å². The maximum atomic E-state index is 3.79. The van der Waals surface area contributed by atoms with Crippen molar-refractivity contribution in [3.63, 3.8) is 0 Å². The van der Waals surface area contributed by atoms with Crippen molar-refractivity contribution in [1.29, 1.82) is 0 Å². The SMILES string of the molecule is CCCC[C@@H](CC)N[C@@H]1CCN(C)C1. The maximum Gasteiger partial charge on any atom is 0.0209 e. The summed E-state index contributed by atoms with van der Waals surface area (Å²) < 4.78 is 0. The molecule has 1 fully saturated rings. The van der Waals surface area contributed by atoms with Crippen LogP contribution in [0.4, 0.5) is 0 Å². The molecule has 0 aromatic heterocycles. The molecule has 2 heteroatoms. The Morgan fingerprint density at radius 3 is 2.71 bits per heavy atom. The van der Waals surface area contributed by atoms with E-state index in [0.29, 0.717) is 0 Å². The van der Waals surface area contributed by atoms with Crippen LogP contribution < -0.4 is 5.32 Å². The average molecular weight is 198 g/mol. The maximum absolute atomic E-state index is 3.79. The number of nitrogens with one attached hydrogen (secondary N) is 1. The molecular formula is C12H26N2. The van der Waals surface area contributed by atoms with Gasteiger partial charge in [0, 0.05) is 18.6 Å². The molecule has 0 aliphatic carbocycles. The molecule has 0 saturated carbocycles. The molecule has 0 bridgehead atoms. The molecule has 0 amide bonds. The molecule has 0 radical (unpaired) electrons. The molecule has 0 aromatic rings. The Kier molecular flexibility index (Phi) is 5.49. The highest BCUT2D eigenvalue weighted by Gasteiger charge is 2.21. The van der Waals surface area contributed by atoms with Gasteiger partial charge in [-0.25, -0.2) is 0 Å². The van der Waals surface area contributed by atoms with Crippen LogP contribution in [0.25, 0.3) is 0 Å². The van der Waals surface area contributed by atoms with Crippen molar-refractivity contribution >= 4 is 0 Å². The quantitative estimate of drug-likeness (QED) is 0.704. The number of rotatable bonds is 6. The summed E-state index contributed by atoms with van der Waals surface area (Å²) in [6.45, 7) is 7.08. The zero-order chi connectivity index (χ0) is 10.4. The van der Waals surface area contributed by atoms with Crippen molar-refractivity contribution in [1.82, 2.24) is 10.2 Å². The second-order valence-corrected chi connectivity index (χ2v) is 4.66. The van der Waals surface area contributed by atoms with Crippen LogP contribution in [0.3, 0.4) is 0 Å². The van der Waals surface area contributed by atoms with Crippen LogP contribution in [0, 0.1) is 0 Å². The molecule has 2 nitrogen and oxygen atoms in total. The molecule has 14 heavy (non-hydrogen) atoms. The van der Waals surface area contributed by atoms with Gasteiger partial charge in [-0.3, -0.25) is 0 Å². The van der Waals surface area contributed by atoms with Gasteiger partial charge in [-0.15, -0.1) is 0 Å². The molecule has 0 spiro atoms. The van der Waals surface area contributed by atoms with E-state index in [9.17, 15) is 0 Å². The van der Waals surface area contributed by atoms with Crippen molar-refractivity contribution in [2.24, 2.45) is 0 Å². The highest BCUT2D eigenvalue weighted by Crippen LogP contribution is 2.11. The lowest BCUT2D eigenvalue weighted by atomic mass is 10.1. The van der Waals surface area contributed by atoms with E-state index in [1.165, 1.54) is 45.2 Å². The molecule has 1 N–H and O–H groups in total. The van der Waals surface area contributed by atoms with Crippen molar-refractivity contribution in [2.45, 2.75) is 58.0 Å². The Morgan fingerprint density at radius 2 is 2.21 bits per heavy atom. The number of likely N-dealkylation sites (N-methyl/N-ethyl adjacent to an activating group) is 1. The van der Waals surface area contributed by atoms with Gasteiger partial charge in [0.05, 0.1) is 0 Å². The van der Waals surface area contributed by atoms with Gasteiger partial charge in [0.15, 0.2) is 0 Å². The minimum absolute atomic E-state index is 0.752. The number of nitrogens with zero attached hydrogens (tertiary/aromatic N) is 1. The number of unbranched alkanes of at least 4 members (excludes halogenated alkanes) is 1. The molecule has 0 aromatic carbocycles. The molecule has 2 atom stereocenters. The predicted octanol–water partition coefficient (Wildman–Crippen LogP) is 2.25. The van der Waals surface area contributed by atoms with Crippen LogP contribution in [-0.2, 0) is 0 Å². The standard InChI is InChI=1S/C12H26N2/c1-4-6-7-11(5-2)13-12-8-9-14(3)10-12/h11-13H,4-10H2,1-3H3/t11-,12-/m1/s1. The Labute approximate surface area is 89.1 Å². The second kappa shape index (κ2) is 6.41. The molecule has 1 rings (SSSR count). The molecule has 1 heterocycles. The van der Waals surface area contributed by atoms with Crippen molar-refractivity contribution in [2.75, 3.05) is 20.1 Å². The largest absolute Gasteiger partial charge is 0.310 e. The monoisotopic (exact) mass is 198 g/mol. The van der Waals surface area contributed by atoms with Gasteiger partial charge in [0.2, 0.25) is 0 Å². The zero-order valence-electron chi connectivity index (χ0n) is 10.1. The van der Waals surface area contributed by atoms with Gasteiger partial charge in [0.25, 0.3) is 0 Å². The van der Waals surface area contributed by atoms with Crippen LogP contribution in [0.2, 0.25) is 0 Å². The van der Waals surface area contributed by atoms with Crippen LogP contribution in [0.5, 0.6) is 0 Å². The first-order chi connectivity index (χ1) is 6.76. The summed E-state index contributed by atoms with van der Waals surface area (Å²) >= 11 is 0. The normalized spacial score (nSPS) is 25.5. The minimum atomic E-state index is 0.752. The third-order valence-electron chi connectivity index (χ3n) is 3.26. The molecule has 1 aliphatic heterocycles. The van der Waals surface area contributed by atoms with Crippen molar-refractivity contribution in [3.8, 4) is 0 Å². The number of likely N-dealkylation sites (tertiary alicyclic amines) is 1. The van der Waals surface area contributed by atoms with E-state index in [1.54, 1.807) is 0 Å². The first-order valence-electron chi connectivity index (χ1n) is 6.20. The van der Waals surface area contributed by atoms with Crippen LogP contribution in [0.1, 0.15) is 46.0 Å². The zero-order valence-corrected chi connectivity index (χ0v) is 10.1. The average Bonchev–Trinajstić information content (AvgIpc) is 2.58. The van der Waals surface area contributed by atoms with Gasteiger partial charge < -0.3 is 10.2 Å². The Balaban J connectivity index is 2.19. The fraction of sp³-hybridized carbons (Fsp3) is 1.00. The van der Waals surface area contributed by atoms with E-state index in [0.717, 1.165) is 12.1 Å². The lowest BCUT2D eigenvalue weighted by molar-refractivity contribution is 0.364. The first-order valence-corrected chi connectivity index (χ1v) is 6.20. The van der Waals surface area contributed by atoms with Crippen molar-refractivity contribution < 1.29 is 0 Å². The van der Waals surface area contributed by atoms with Gasteiger partial charge in [-0.1, -0.05) is 26.7 Å². The van der Waals surface area contributed by atoms with Crippen molar-refractivity contribution in [3.05, 3.63) is 0 Å². The third-order valence-corrected chi connectivity index (χ3v) is 3.26. The highest BCUT2D eigenvalue weighted by molar-refractivity contribution is 4.81. The summed E-state index contributed by atoms with van der Waals surface area (Å²) in [4.78, 5) is 2.42. The van der Waals surface area contributed by atoms with Crippen LogP contribution in [0.15, 0.2) is 0 Å². The second-order valence-electron chi connectivity index (χ2n) is 4.66. The van der Waals surface area contributed by atoms with E-state index in [-0.39, 0.29) is 0 Å². The summed E-state index contributed by atoms with van der Waals surface area (Å²) in [5, 5.41) is 3.79.